The van der Waals surface area contributed by atoms with Crippen molar-refractivity contribution in [2.45, 2.75) is 38.3 Å². The molecule has 1 aliphatic rings. The minimum Gasteiger partial charge on any atom is -0.368 e. The number of hydrogen-bond acceptors (Lipinski definition) is 4. The summed E-state index contributed by atoms with van der Waals surface area (Å²) in [6.07, 6.45) is 2.34. The average molecular weight is 256 g/mol. The van der Waals surface area contributed by atoms with Crippen LogP contribution in [0.5, 0.6) is 0 Å². The second-order valence-corrected chi connectivity index (χ2v) is 5.53. The summed E-state index contributed by atoms with van der Waals surface area (Å²) < 4.78 is 0. The van der Waals surface area contributed by atoms with Gasteiger partial charge in [0.15, 0.2) is 0 Å². The Morgan fingerprint density at radius 3 is 2.44 bits per heavy atom. The Morgan fingerprint density at radius 2 is 2.06 bits per heavy atom. The molecule has 1 heterocycles. The highest BCUT2D eigenvalue weighted by Gasteiger charge is 2.33. The SMILES string of the molecule is CCN1CCC(N(C)CC(C)(NC)C(N)=O)CC1. The molecule has 5 heteroatoms. The molecule has 1 amide bonds. The number of carbonyl (C=O) groups excluding carboxylic acids is 1. The van der Waals surface area contributed by atoms with Crippen molar-refractivity contribution < 1.29 is 4.79 Å². The quantitative estimate of drug-likeness (QED) is 0.695. The molecule has 1 aliphatic heterocycles. The molecule has 5 nitrogen and oxygen atoms in total. The molecule has 0 aliphatic carbocycles. The molecule has 0 saturated carbocycles. The van der Waals surface area contributed by atoms with E-state index in [1.807, 2.05) is 6.92 Å². The number of nitrogens with two attached hydrogens (primary N) is 1. The monoisotopic (exact) mass is 256 g/mol. The third-order valence-electron chi connectivity index (χ3n) is 4.29. The fourth-order valence-electron chi connectivity index (χ4n) is 2.58. The van der Waals surface area contributed by atoms with E-state index in [1.54, 1.807) is 7.05 Å². The van der Waals surface area contributed by atoms with Crippen LogP contribution in [0.1, 0.15) is 26.7 Å². The van der Waals surface area contributed by atoms with Crippen molar-refractivity contribution in [2.24, 2.45) is 5.73 Å². The van der Waals surface area contributed by atoms with Crippen LogP contribution >= 0.6 is 0 Å². The molecule has 0 aromatic heterocycles. The number of amides is 1. The van der Waals surface area contributed by atoms with Gasteiger partial charge in [-0.1, -0.05) is 6.92 Å². The van der Waals surface area contributed by atoms with E-state index in [1.165, 1.54) is 12.8 Å². The van der Waals surface area contributed by atoms with Gasteiger partial charge in [0.1, 0.15) is 5.54 Å². The van der Waals surface area contributed by atoms with Crippen LogP contribution in [0.25, 0.3) is 0 Å². The molecule has 106 valence electrons. The molecule has 0 bridgehead atoms. The highest BCUT2D eigenvalue weighted by atomic mass is 16.1. The molecule has 18 heavy (non-hydrogen) atoms. The van der Waals surface area contributed by atoms with Crippen LogP contribution in [0, 0.1) is 0 Å². The lowest BCUT2D eigenvalue weighted by atomic mass is 9.97. The normalized spacial score (nSPS) is 22.1. The molecular formula is C13H28N4O. The lowest BCUT2D eigenvalue weighted by Crippen LogP contribution is -2.59. The predicted molar refractivity (Wildman–Crippen MR) is 74.4 cm³/mol. The largest absolute Gasteiger partial charge is 0.368 e. The lowest BCUT2D eigenvalue weighted by molar-refractivity contribution is -0.124. The van der Waals surface area contributed by atoms with E-state index in [0.717, 1.165) is 19.6 Å². The van der Waals surface area contributed by atoms with E-state index in [9.17, 15) is 4.79 Å². The van der Waals surface area contributed by atoms with Crippen molar-refractivity contribution in [2.75, 3.05) is 40.3 Å². The van der Waals surface area contributed by atoms with Gasteiger partial charge >= 0.3 is 0 Å². The Morgan fingerprint density at radius 1 is 1.50 bits per heavy atom. The fraction of sp³-hybridized carbons (Fsp3) is 0.923. The van der Waals surface area contributed by atoms with Crippen LogP contribution in [-0.2, 0) is 4.79 Å². The zero-order chi connectivity index (χ0) is 13.8. The highest BCUT2D eigenvalue weighted by Crippen LogP contribution is 2.17. The Labute approximate surface area is 111 Å². The van der Waals surface area contributed by atoms with Gasteiger partial charge in [-0.2, -0.15) is 0 Å². The maximum Gasteiger partial charge on any atom is 0.238 e. The average Bonchev–Trinajstić information content (AvgIpc) is 2.38. The number of hydrogen-bond donors (Lipinski definition) is 2. The molecule has 0 radical (unpaired) electrons. The Hall–Kier alpha value is -0.650. The van der Waals surface area contributed by atoms with Crippen LogP contribution < -0.4 is 11.1 Å². The number of nitrogens with zero attached hydrogens (tertiary/aromatic N) is 2. The van der Waals surface area contributed by atoms with Crippen LogP contribution in [0.4, 0.5) is 0 Å². The minimum atomic E-state index is -0.642. The summed E-state index contributed by atoms with van der Waals surface area (Å²) in [5.74, 6) is -0.289. The van der Waals surface area contributed by atoms with Crippen molar-refractivity contribution in [1.82, 2.24) is 15.1 Å². The van der Waals surface area contributed by atoms with Gasteiger partial charge in [0.2, 0.25) is 5.91 Å². The van der Waals surface area contributed by atoms with Crippen LogP contribution in [0.15, 0.2) is 0 Å². The third-order valence-corrected chi connectivity index (χ3v) is 4.29. The molecule has 0 aromatic rings. The summed E-state index contributed by atoms with van der Waals surface area (Å²) in [5, 5.41) is 3.04. The summed E-state index contributed by atoms with van der Waals surface area (Å²) >= 11 is 0. The van der Waals surface area contributed by atoms with Gasteiger partial charge in [0.05, 0.1) is 0 Å². The van der Waals surface area contributed by atoms with Crippen molar-refractivity contribution in [3.8, 4) is 0 Å². The summed E-state index contributed by atoms with van der Waals surface area (Å²) in [5.41, 5.74) is 4.82. The standard InChI is InChI=1S/C13H28N4O/c1-5-17-8-6-11(7-9-17)16(4)10-13(2,15-3)12(14)18/h11,15H,5-10H2,1-4H3,(H2,14,18). The van der Waals surface area contributed by atoms with Gasteiger partial charge in [-0.05, 0) is 53.5 Å². The third kappa shape index (κ3) is 3.67. The van der Waals surface area contributed by atoms with Gasteiger partial charge in [-0.3, -0.25) is 4.79 Å². The van der Waals surface area contributed by atoms with Gasteiger partial charge in [0, 0.05) is 12.6 Å². The maximum absolute atomic E-state index is 11.5. The zero-order valence-electron chi connectivity index (χ0n) is 12.2. The number of likely N-dealkylation sites (tertiary alicyclic amines) is 1. The fourth-order valence-corrected chi connectivity index (χ4v) is 2.58. The van der Waals surface area contributed by atoms with Crippen molar-refractivity contribution in [3.63, 3.8) is 0 Å². The first-order chi connectivity index (χ1) is 8.42. The van der Waals surface area contributed by atoms with E-state index in [2.05, 4.69) is 29.1 Å². The molecular weight excluding hydrogens is 228 g/mol. The van der Waals surface area contributed by atoms with Gasteiger partial charge in [-0.15, -0.1) is 0 Å². The molecule has 0 aromatic carbocycles. The van der Waals surface area contributed by atoms with Crippen LogP contribution in [0.3, 0.4) is 0 Å². The Bertz CT molecular complexity index is 276. The first-order valence-corrected chi connectivity index (χ1v) is 6.84. The van der Waals surface area contributed by atoms with E-state index in [0.29, 0.717) is 12.6 Å². The second kappa shape index (κ2) is 6.50. The summed E-state index contributed by atoms with van der Waals surface area (Å²) in [6, 6.07) is 0.555. The van der Waals surface area contributed by atoms with Gasteiger partial charge in [0.25, 0.3) is 0 Å². The van der Waals surface area contributed by atoms with E-state index in [-0.39, 0.29) is 5.91 Å². The van der Waals surface area contributed by atoms with Crippen LogP contribution in [0.2, 0.25) is 0 Å². The second-order valence-electron chi connectivity index (χ2n) is 5.53. The summed E-state index contributed by atoms with van der Waals surface area (Å²) in [4.78, 5) is 16.2. The molecule has 1 saturated heterocycles. The van der Waals surface area contributed by atoms with Gasteiger partial charge in [-0.25, -0.2) is 0 Å². The summed E-state index contributed by atoms with van der Waals surface area (Å²) in [7, 11) is 3.88. The number of rotatable bonds is 6. The topological polar surface area (TPSA) is 61.6 Å². The van der Waals surface area contributed by atoms with Crippen molar-refractivity contribution in [1.29, 1.82) is 0 Å². The molecule has 3 N–H and O–H groups in total. The number of nitrogens with one attached hydrogen (secondary N) is 1. The minimum absolute atomic E-state index is 0.289. The van der Waals surface area contributed by atoms with Crippen molar-refractivity contribution in [3.05, 3.63) is 0 Å². The number of likely N-dealkylation sites (N-methyl/N-ethyl adjacent to an activating group) is 2. The lowest BCUT2D eigenvalue weighted by Gasteiger charge is -2.39. The van der Waals surface area contributed by atoms with Crippen LogP contribution in [-0.4, -0.2) is 67.6 Å². The number of piperidine rings is 1. The first kappa shape index (κ1) is 15.4. The number of carbonyl (C=O) groups is 1. The molecule has 1 fully saturated rings. The highest BCUT2D eigenvalue weighted by molar-refractivity contribution is 5.84. The Balaban J connectivity index is 2.50. The molecule has 1 rings (SSSR count). The van der Waals surface area contributed by atoms with E-state index in [4.69, 9.17) is 5.73 Å². The summed E-state index contributed by atoms with van der Waals surface area (Å²) in [6.45, 7) is 8.17. The molecule has 1 atom stereocenters. The number of primary amides is 1. The zero-order valence-corrected chi connectivity index (χ0v) is 12.2. The van der Waals surface area contributed by atoms with Gasteiger partial charge < -0.3 is 20.9 Å². The van der Waals surface area contributed by atoms with Crippen molar-refractivity contribution >= 4 is 5.91 Å². The van der Waals surface area contributed by atoms with E-state index < -0.39 is 5.54 Å². The molecule has 1 unspecified atom stereocenters. The Kier molecular flexibility index (Phi) is 5.56. The maximum atomic E-state index is 11.5. The predicted octanol–water partition coefficient (Wildman–Crippen LogP) is -0.134. The van der Waals surface area contributed by atoms with E-state index >= 15 is 0 Å². The smallest absolute Gasteiger partial charge is 0.238 e. The molecule has 0 spiro atoms. The first-order valence-electron chi connectivity index (χ1n) is 6.84.